The van der Waals surface area contributed by atoms with Gasteiger partial charge in [-0.15, -0.1) is 0 Å². The first-order valence-electron chi connectivity index (χ1n) is 14.8. The number of alkyl halides is 3. The Balaban J connectivity index is 0.000000160. The van der Waals surface area contributed by atoms with Crippen LogP contribution in [0.4, 0.5) is 13.2 Å². The Hall–Kier alpha value is -3.46. The number of fused-ring (bicyclic) bond motifs is 2. The van der Waals surface area contributed by atoms with Crippen molar-refractivity contribution < 1.29 is 25.8 Å². The number of aromatic amines is 2. The highest BCUT2D eigenvalue weighted by Crippen LogP contribution is 2.35. The van der Waals surface area contributed by atoms with Gasteiger partial charge < -0.3 is 24.0 Å². The highest BCUT2D eigenvalue weighted by Gasteiger charge is 2.49. The maximum Gasteiger partial charge on any atom is 0.534 e. The highest BCUT2D eigenvalue weighted by atomic mass is 32.2. The van der Waals surface area contributed by atoms with Gasteiger partial charge in [0.15, 0.2) is 0 Å². The monoisotopic (exact) mass is 660 g/mol. The SMILES string of the molecule is CN1CCC(c2c[nH]c3ccc(-c4ccsc4)nc23)CC1.CN1CCC(c2c[nH]c3ccc(OS(=O)(=O)C(F)(F)F)nc23)CC1. The summed E-state index contributed by atoms with van der Waals surface area (Å²) in [7, 11) is -1.49. The minimum Gasteiger partial charge on any atom is -0.360 e. The van der Waals surface area contributed by atoms with Gasteiger partial charge in [0.25, 0.3) is 0 Å². The van der Waals surface area contributed by atoms with E-state index in [1.807, 2.05) is 7.05 Å². The van der Waals surface area contributed by atoms with Crippen molar-refractivity contribution in [1.29, 1.82) is 0 Å². The van der Waals surface area contributed by atoms with Crippen LogP contribution in [0, 0.1) is 0 Å². The van der Waals surface area contributed by atoms with Crippen LogP contribution < -0.4 is 4.18 Å². The third-order valence-corrected chi connectivity index (χ3v) is 10.3. The molecule has 45 heavy (non-hydrogen) atoms. The molecule has 0 bridgehead atoms. The minimum atomic E-state index is -5.73. The summed E-state index contributed by atoms with van der Waals surface area (Å²) >= 11 is 1.72. The fourth-order valence-electron chi connectivity index (χ4n) is 6.06. The summed E-state index contributed by atoms with van der Waals surface area (Å²) in [5, 5.41) is 4.27. The van der Waals surface area contributed by atoms with Crippen LogP contribution in [0.5, 0.6) is 5.88 Å². The molecule has 7 rings (SSSR count). The second-order valence-electron chi connectivity index (χ2n) is 11.8. The Kier molecular flexibility index (Phi) is 8.92. The molecule has 0 radical (unpaired) electrons. The van der Waals surface area contributed by atoms with E-state index in [2.05, 4.69) is 71.1 Å². The van der Waals surface area contributed by atoms with Crippen LogP contribution in [0.15, 0.2) is 53.5 Å². The van der Waals surface area contributed by atoms with Crippen molar-refractivity contribution in [2.75, 3.05) is 40.3 Å². The van der Waals surface area contributed by atoms with Gasteiger partial charge in [0, 0.05) is 29.4 Å². The van der Waals surface area contributed by atoms with Crippen molar-refractivity contribution in [3.8, 4) is 17.1 Å². The van der Waals surface area contributed by atoms with Gasteiger partial charge >= 0.3 is 15.6 Å². The van der Waals surface area contributed by atoms with Crippen molar-refractivity contribution in [2.45, 2.75) is 43.0 Å². The third kappa shape index (κ3) is 6.88. The van der Waals surface area contributed by atoms with Crippen LogP contribution in [0.1, 0.15) is 48.6 Å². The Morgan fingerprint density at radius 2 is 1.36 bits per heavy atom. The summed E-state index contributed by atoms with van der Waals surface area (Å²) in [6.07, 6.45) is 8.20. The molecule has 0 atom stereocenters. The summed E-state index contributed by atoms with van der Waals surface area (Å²) in [6.45, 7) is 4.19. The minimum absolute atomic E-state index is 0.219. The van der Waals surface area contributed by atoms with Gasteiger partial charge in [-0.25, -0.2) is 9.97 Å². The number of piperidine rings is 2. The lowest BCUT2D eigenvalue weighted by atomic mass is 9.90. The zero-order chi connectivity index (χ0) is 31.8. The zero-order valence-electron chi connectivity index (χ0n) is 25.0. The van der Waals surface area contributed by atoms with Gasteiger partial charge in [-0.05, 0) is 119 Å². The molecule has 0 aliphatic carbocycles. The molecule has 2 fully saturated rings. The van der Waals surface area contributed by atoms with E-state index in [-0.39, 0.29) is 5.92 Å². The van der Waals surface area contributed by atoms with Gasteiger partial charge in [-0.3, -0.25) is 0 Å². The molecule has 0 aromatic carbocycles. The molecular weight excluding hydrogens is 626 g/mol. The predicted octanol–water partition coefficient (Wildman–Crippen LogP) is 6.70. The molecule has 0 unspecified atom stereocenters. The van der Waals surface area contributed by atoms with Gasteiger partial charge in [0.2, 0.25) is 5.88 Å². The molecule has 5 aromatic rings. The topological polar surface area (TPSA) is 107 Å². The van der Waals surface area contributed by atoms with Gasteiger partial charge in [0.1, 0.15) is 0 Å². The Labute approximate surface area is 263 Å². The Morgan fingerprint density at radius 1 is 0.822 bits per heavy atom. The molecule has 2 N–H and O–H groups in total. The second kappa shape index (κ2) is 12.7. The fraction of sp³-hybridized carbons (Fsp3) is 0.419. The number of thiophene rings is 1. The zero-order valence-corrected chi connectivity index (χ0v) is 26.6. The Morgan fingerprint density at radius 3 is 1.87 bits per heavy atom. The largest absolute Gasteiger partial charge is 0.534 e. The normalized spacial score (nSPS) is 17.9. The average molecular weight is 661 g/mol. The van der Waals surface area contributed by atoms with Crippen molar-refractivity contribution >= 4 is 43.5 Å². The molecule has 0 amide bonds. The first-order chi connectivity index (χ1) is 21.5. The van der Waals surface area contributed by atoms with Crippen molar-refractivity contribution in [3.63, 3.8) is 0 Å². The van der Waals surface area contributed by atoms with Crippen LogP contribution >= 0.6 is 11.3 Å². The van der Waals surface area contributed by atoms with Crippen LogP contribution in [-0.4, -0.2) is 83.9 Å². The summed E-state index contributed by atoms with van der Waals surface area (Å²) in [6, 6.07) is 8.97. The molecule has 9 nitrogen and oxygen atoms in total. The maximum atomic E-state index is 12.4. The molecule has 2 aliphatic rings. The summed E-state index contributed by atoms with van der Waals surface area (Å²) in [4.78, 5) is 19.9. The molecule has 7 heterocycles. The lowest BCUT2D eigenvalue weighted by molar-refractivity contribution is -0.0501. The van der Waals surface area contributed by atoms with Crippen molar-refractivity contribution in [2.24, 2.45) is 0 Å². The number of rotatable bonds is 5. The Bertz CT molecular complexity index is 1850. The van der Waals surface area contributed by atoms with Gasteiger partial charge in [-0.1, -0.05) is 0 Å². The van der Waals surface area contributed by atoms with E-state index < -0.39 is 21.5 Å². The number of halogens is 3. The number of nitrogens with one attached hydrogen (secondary N) is 2. The van der Waals surface area contributed by atoms with Crippen LogP contribution in [-0.2, 0) is 10.1 Å². The van der Waals surface area contributed by atoms with Crippen LogP contribution in [0.2, 0.25) is 0 Å². The molecule has 14 heteroatoms. The van der Waals surface area contributed by atoms with E-state index in [0.29, 0.717) is 17.0 Å². The van der Waals surface area contributed by atoms with Crippen LogP contribution in [0.3, 0.4) is 0 Å². The molecule has 2 aliphatic heterocycles. The standard InChI is InChI=1S/C17H19N3S.C14H16F3N3O3S/c1-20-7-4-12(5-8-20)14-10-18-16-3-2-15(19-17(14)16)13-6-9-21-11-13;1-20-6-4-9(5-7-20)10-8-18-11-2-3-12(19-13(10)11)23-24(21,22)14(15,16)17/h2-3,6,9-12,18H,4-5,7-8H2,1H3;2-3,8-9,18H,4-7H2,1H3. The first-order valence-corrected chi connectivity index (χ1v) is 17.2. The fourth-order valence-corrected chi connectivity index (χ4v) is 7.12. The number of pyridine rings is 2. The number of aromatic nitrogens is 4. The molecule has 0 saturated carbocycles. The second-order valence-corrected chi connectivity index (χ2v) is 14.1. The van der Waals surface area contributed by atoms with E-state index in [1.165, 1.54) is 43.1 Å². The number of hydrogen-bond donors (Lipinski definition) is 2. The van der Waals surface area contributed by atoms with Crippen LogP contribution in [0.25, 0.3) is 33.3 Å². The molecular formula is C31H35F3N6O3S2. The number of hydrogen-bond acceptors (Lipinski definition) is 8. The maximum absolute atomic E-state index is 12.4. The van der Waals surface area contributed by atoms with E-state index in [4.69, 9.17) is 4.98 Å². The first kappa shape index (κ1) is 31.5. The number of likely N-dealkylation sites (tertiary alicyclic amines) is 2. The number of H-pyrrole nitrogens is 2. The molecule has 0 spiro atoms. The quantitative estimate of drug-likeness (QED) is 0.160. The van der Waals surface area contributed by atoms with E-state index >= 15 is 0 Å². The average Bonchev–Trinajstić information content (AvgIpc) is 3.78. The summed E-state index contributed by atoms with van der Waals surface area (Å²) < 4.78 is 63.6. The molecule has 240 valence electrons. The van der Waals surface area contributed by atoms with E-state index in [9.17, 15) is 21.6 Å². The molecule has 5 aromatic heterocycles. The lowest BCUT2D eigenvalue weighted by Crippen LogP contribution is -2.29. The molecule has 2 saturated heterocycles. The third-order valence-electron chi connectivity index (χ3n) is 8.69. The summed E-state index contributed by atoms with van der Waals surface area (Å²) in [5.41, 5.74) is 2.47. The predicted molar refractivity (Wildman–Crippen MR) is 170 cm³/mol. The smallest absolute Gasteiger partial charge is 0.360 e. The van der Waals surface area contributed by atoms with Crippen molar-refractivity contribution in [3.05, 3.63) is 64.6 Å². The lowest BCUT2D eigenvalue weighted by Gasteiger charge is -2.28. The van der Waals surface area contributed by atoms with E-state index in [0.717, 1.165) is 54.3 Å². The highest BCUT2D eigenvalue weighted by molar-refractivity contribution is 7.87. The van der Waals surface area contributed by atoms with E-state index in [1.54, 1.807) is 17.5 Å². The summed E-state index contributed by atoms with van der Waals surface area (Å²) in [5.74, 6) is 0.269. The number of nitrogens with zero attached hydrogens (tertiary/aromatic N) is 4. The van der Waals surface area contributed by atoms with Gasteiger partial charge in [-0.2, -0.15) is 32.9 Å². The van der Waals surface area contributed by atoms with Crippen molar-refractivity contribution in [1.82, 2.24) is 29.7 Å². The van der Waals surface area contributed by atoms with Gasteiger partial charge in [0.05, 0.1) is 27.8 Å².